The molecule has 0 radical (unpaired) electrons. The maximum atomic E-state index is 12.0. The maximum absolute atomic E-state index is 12.0. The van der Waals surface area contributed by atoms with Crippen LogP contribution in [0.15, 0.2) is 0 Å². The summed E-state index contributed by atoms with van der Waals surface area (Å²) in [5.41, 5.74) is 0.121. The van der Waals surface area contributed by atoms with Crippen LogP contribution in [-0.2, 0) is 9.53 Å². The molecule has 1 heterocycles. The number of nitrogens with zero attached hydrogens (tertiary/aromatic N) is 1. The normalized spacial score (nSPS) is 24.9. The first-order chi connectivity index (χ1) is 10.0. The van der Waals surface area contributed by atoms with Gasteiger partial charge >= 0.3 is 5.97 Å². The number of hydrogen-bond acceptors (Lipinski definition) is 4. The molecule has 0 aromatic carbocycles. The van der Waals surface area contributed by atoms with Crippen molar-refractivity contribution in [1.29, 1.82) is 0 Å². The average molecular weight is 296 g/mol. The number of carbonyl (C=O) groups excluding carboxylic acids is 1. The summed E-state index contributed by atoms with van der Waals surface area (Å²) < 4.78 is 4.96. The smallest absolute Gasteiger partial charge is 0.325 e. The first-order valence-electron chi connectivity index (χ1n) is 8.59. The summed E-state index contributed by atoms with van der Waals surface area (Å²) >= 11 is 0. The number of ether oxygens (including phenoxy) is 1. The Kier molecular flexibility index (Phi) is 5.67. The van der Waals surface area contributed by atoms with E-state index >= 15 is 0 Å². The summed E-state index contributed by atoms with van der Waals surface area (Å²) in [5, 5.41) is 3.30. The second kappa shape index (κ2) is 7.10. The van der Waals surface area contributed by atoms with Crippen LogP contribution in [0.1, 0.15) is 58.8 Å². The minimum absolute atomic E-state index is 0.145. The molecule has 1 saturated carbocycles. The van der Waals surface area contributed by atoms with Gasteiger partial charge in [0.25, 0.3) is 0 Å². The van der Waals surface area contributed by atoms with Crippen molar-refractivity contribution in [2.45, 2.75) is 64.3 Å². The van der Waals surface area contributed by atoms with Crippen molar-refractivity contribution >= 4 is 5.97 Å². The van der Waals surface area contributed by atoms with E-state index in [9.17, 15) is 4.79 Å². The van der Waals surface area contributed by atoms with E-state index in [0.29, 0.717) is 5.41 Å². The number of rotatable bonds is 6. The Morgan fingerprint density at radius 2 is 1.86 bits per heavy atom. The van der Waals surface area contributed by atoms with Gasteiger partial charge in [-0.1, -0.05) is 19.8 Å². The minimum Gasteiger partial charge on any atom is -0.468 e. The molecule has 1 spiro atoms. The topological polar surface area (TPSA) is 41.6 Å². The van der Waals surface area contributed by atoms with Gasteiger partial charge in [0.2, 0.25) is 0 Å². The zero-order valence-corrected chi connectivity index (χ0v) is 14.0. The van der Waals surface area contributed by atoms with E-state index in [-0.39, 0.29) is 5.97 Å². The summed E-state index contributed by atoms with van der Waals surface area (Å²) in [6.45, 7) is 8.16. The molecular weight excluding hydrogens is 264 g/mol. The van der Waals surface area contributed by atoms with Gasteiger partial charge in [-0.05, 0) is 64.1 Å². The van der Waals surface area contributed by atoms with E-state index < -0.39 is 5.54 Å². The number of piperidine rings is 1. The van der Waals surface area contributed by atoms with Crippen molar-refractivity contribution in [3.8, 4) is 0 Å². The van der Waals surface area contributed by atoms with E-state index in [1.165, 1.54) is 58.7 Å². The lowest BCUT2D eigenvalue weighted by Crippen LogP contribution is -2.52. The number of likely N-dealkylation sites (tertiary alicyclic amines) is 1. The van der Waals surface area contributed by atoms with Crippen LogP contribution in [0.3, 0.4) is 0 Å². The van der Waals surface area contributed by atoms with Crippen LogP contribution in [0.25, 0.3) is 0 Å². The Hall–Kier alpha value is -0.610. The summed E-state index contributed by atoms with van der Waals surface area (Å²) in [5.74, 6) is -0.145. The van der Waals surface area contributed by atoms with Crippen molar-refractivity contribution < 1.29 is 9.53 Å². The van der Waals surface area contributed by atoms with Gasteiger partial charge in [0.15, 0.2) is 0 Å². The van der Waals surface area contributed by atoms with Gasteiger partial charge in [0, 0.05) is 6.54 Å². The molecule has 1 aliphatic heterocycles. The fraction of sp³-hybridized carbons (Fsp3) is 0.941. The SMILES string of the molecule is CCNC(C)(CCN1CCC2(CCCC2)CC1)C(=O)OC. The summed E-state index contributed by atoms with van der Waals surface area (Å²) in [6.07, 6.45) is 9.27. The van der Waals surface area contributed by atoms with Gasteiger partial charge in [-0.25, -0.2) is 0 Å². The summed E-state index contributed by atoms with van der Waals surface area (Å²) in [6, 6.07) is 0. The molecule has 1 saturated heterocycles. The first kappa shape index (κ1) is 16.8. The van der Waals surface area contributed by atoms with E-state index in [0.717, 1.165) is 19.5 Å². The highest BCUT2D eigenvalue weighted by atomic mass is 16.5. The second-order valence-electron chi connectivity index (χ2n) is 7.15. The Morgan fingerprint density at radius 1 is 1.24 bits per heavy atom. The van der Waals surface area contributed by atoms with Gasteiger partial charge in [-0.2, -0.15) is 0 Å². The Balaban J connectivity index is 1.81. The van der Waals surface area contributed by atoms with Crippen LogP contribution >= 0.6 is 0 Å². The van der Waals surface area contributed by atoms with Gasteiger partial charge in [-0.3, -0.25) is 4.79 Å². The number of carbonyl (C=O) groups is 1. The Bertz CT molecular complexity index is 343. The highest BCUT2D eigenvalue weighted by Gasteiger charge is 2.38. The molecule has 21 heavy (non-hydrogen) atoms. The number of likely N-dealkylation sites (N-methyl/N-ethyl adjacent to an activating group) is 1. The highest BCUT2D eigenvalue weighted by molar-refractivity contribution is 5.80. The lowest BCUT2D eigenvalue weighted by molar-refractivity contribution is -0.148. The van der Waals surface area contributed by atoms with Crippen molar-refractivity contribution in [3.63, 3.8) is 0 Å². The third kappa shape index (κ3) is 3.98. The van der Waals surface area contributed by atoms with E-state index in [4.69, 9.17) is 4.74 Å². The zero-order chi connectivity index (χ0) is 15.3. The van der Waals surface area contributed by atoms with Gasteiger partial charge < -0.3 is 15.0 Å². The molecule has 0 aromatic heterocycles. The van der Waals surface area contributed by atoms with Crippen LogP contribution in [0.4, 0.5) is 0 Å². The Labute approximate surface area is 129 Å². The van der Waals surface area contributed by atoms with Crippen LogP contribution < -0.4 is 5.32 Å². The van der Waals surface area contributed by atoms with Gasteiger partial charge in [0.1, 0.15) is 5.54 Å². The molecule has 4 heteroatoms. The van der Waals surface area contributed by atoms with Crippen molar-refractivity contribution in [2.24, 2.45) is 5.41 Å². The molecule has 122 valence electrons. The van der Waals surface area contributed by atoms with Crippen LogP contribution in [0.5, 0.6) is 0 Å². The molecule has 2 fully saturated rings. The number of hydrogen-bond donors (Lipinski definition) is 1. The largest absolute Gasteiger partial charge is 0.468 e. The van der Waals surface area contributed by atoms with E-state index in [1.807, 2.05) is 13.8 Å². The fourth-order valence-corrected chi connectivity index (χ4v) is 4.14. The number of esters is 1. The summed E-state index contributed by atoms with van der Waals surface area (Å²) in [7, 11) is 1.47. The number of methoxy groups -OCH3 is 1. The monoisotopic (exact) mass is 296 g/mol. The molecule has 1 unspecified atom stereocenters. The molecule has 0 amide bonds. The number of nitrogens with one attached hydrogen (secondary N) is 1. The molecule has 1 atom stereocenters. The predicted octanol–water partition coefficient (Wildman–Crippen LogP) is 2.57. The molecular formula is C17H32N2O2. The Morgan fingerprint density at radius 3 is 2.38 bits per heavy atom. The lowest BCUT2D eigenvalue weighted by atomic mass is 9.77. The van der Waals surface area contributed by atoms with Crippen LogP contribution in [0.2, 0.25) is 0 Å². The second-order valence-corrected chi connectivity index (χ2v) is 7.15. The predicted molar refractivity (Wildman–Crippen MR) is 85.3 cm³/mol. The third-order valence-electron chi connectivity index (χ3n) is 5.71. The molecule has 1 N–H and O–H groups in total. The molecule has 4 nitrogen and oxygen atoms in total. The first-order valence-corrected chi connectivity index (χ1v) is 8.59. The maximum Gasteiger partial charge on any atom is 0.325 e. The van der Waals surface area contributed by atoms with E-state index in [1.54, 1.807) is 0 Å². The minimum atomic E-state index is -0.550. The third-order valence-corrected chi connectivity index (χ3v) is 5.71. The highest BCUT2D eigenvalue weighted by Crippen LogP contribution is 2.46. The quantitative estimate of drug-likeness (QED) is 0.765. The summed E-state index contributed by atoms with van der Waals surface area (Å²) in [4.78, 5) is 14.5. The standard InChI is InChI=1S/C17H32N2O2/c1-4-18-16(2,15(20)21-3)9-12-19-13-10-17(11-14-19)7-5-6-8-17/h18H,4-14H2,1-3H3. The molecule has 2 rings (SSSR count). The van der Waals surface area contributed by atoms with Crippen LogP contribution in [-0.4, -0.2) is 49.7 Å². The van der Waals surface area contributed by atoms with Crippen molar-refractivity contribution in [3.05, 3.63) is 0 Å². The van der Waals surface area contributed by atoms with Crippen LogP contribution in [0, 0.1) is 5.41 Å². The van der Waals surface area contributed by atoms with E-state index in [2.05, 4.69) is 10.2 Å². The average Bonchev–Trinajstić information content (AvgIpc) is 2.94. The zero-order valence-electron chi connectivity index (χ0n) is 14.0. The molecule has 0 bridgehead atoms. The molecule has 0 aromatic rings. The van der Waals surface area contributed by atoms with Crippen molar-refractivity contribution in [1.82, 2.24) is 10.2 Å². The van der Waals surface area contributed by atoms with Gasteiger partial charge in [-0.15, -0.1) is 0 Å². The fourth-order valence-electron chi connectivity index (χ4n) is 4.14. The lowest BCUT2D eigenvalue weighted by Gasteiger charge is -2.40. The van der Waals surface area contributed by atoms with Crippen molar-refractivity contribution in [2.75, 3.05) is 33.3 Å². The molecule has 2 aliphatic rings. The van der Waals surface area contributed by atoms with Gasteiger partial charge in [0.05, 0.1) is 7.11 Å². The molecule has 1 aliphatic carbocycles.